The van der Waals surface area contributed by atoms with E-state index < -0.39 is 0 Å². The molecule has 1 aliphatic rings. The third-order valence-corrected chi connectivity index (χ3v) is 5.03. The summed E-state index contributed by atoms with van der Waals surface area (Å²) < 4.78 is 5.72. The highest BCUT2D eigenvalue weighted by Gasteiger charge is 2.28. The van der Waals surface area contributed by atoms with Crippen LogP contribution < -0.4 is 4.74 Å². The highest BCUT2D eigenvalue weighted by molar-refractivity contribution is 5.78. The molecule has 1 aliphatic heterocycles. The Morgan fingerprint density at radius 1 is 1.08 bits per heavy atom. The smallest absolute Gasteiger partial charge is 0.260 e. The molecule has 0 aromatic heterocycles. The number of hydrogen-bond donors (Lipinski definition) is 0. The van der Waals surface area contributed by atoms with E-state index in [2.05, 4.69) is 37.9 Å². The molecule has 0 spiro atoms. The third-order valence-electron chi connectivity index (χ3n) is 5.03. The van der Waals surface area contributed by atoms with Crippen LogP contribution in [0.1, 0.15) is 22.7 Å². The number of likely N-dealkylation sites (N-methyl/N-ethyl adjacent to an activating group) is 1. The molecule has 1 amide bonds. The molecule has 1 fully saturated rings. The van der Waals surface area contributed by atoms with Gasteiger partial charge in [0.1, 0.15) is 5.75 Å². The zero-order valence-corrected chi connectivity index (χ0v) is 15.2. The maximum Gasteiger partial charge on any atom is 0.260 e. The summed E-state index contributed by atoms with van der Waals surface area (Å²) in [5.74, 6) is 0.803. The summed E-state index contributed by atoms with van der Waals surface area (Å²) in [5.41, 5.74) is 3.65. The Bertz CT molecular complexity index is 730. The molecule has 0 bridgehead atoms. The lowest BCUT2D eigenvalue weighted by Gasteiger charge is -2.39. The zero-order chi connectivity index (χ0) is 17.8. The fourth-order valence-electron chi connectivity index (χ4n) is 3.18. The summed E-state index contributed by atoms with van der Waals surface area (Å²) in [6, 6.07) is 16.5. The van der Waals surface area contributed by atoms with Crippen molar-refractivity contribution in [3.63, 3.8) is 0 Å². The monoisotopic (exact) mass is 338 g/mol. The fraction of sp³-hybridized carbons (Fsp3) is 0.381. The van der Waals surface area contributed by atoms with Gasteiger partial charge in [0.2, 0.25) is 0 Å². The predicted octanol–water partition coefficient (Wildman–Crippen LogP) is 3.20. The number of hydrogen-bond acceptors (Lipinski definition) is 3. The number of ether oxygens (including phenoxy) is 1. The van der Waals surface area contributed by atoms with Gasteiger partial charge in [-0.15, -0.1) is 0 Å². The summed E-state index contributed by atoms with van der Waals surface area (Å²) in [6.07, 6.45) is 0. The van der Waals surface area contributed by atoms with Gasteiger partial charge >= 0.3 is 0 Å². The van der Waals surface area contributed by atoms with Crippen LogP contribution in [0.25, 0.3) is 0 Å². The average Bonchev–Trinajstić information content (AvgIpc) is 2.63. The minimum Gasteiger partial charge on any atom is -0.484 e. The molecule has 132 valence electrons. The number of nitrogens with zero attached hydrogens (tertiary/aromatic N) is 2. The lowest BCUT2D eigenvalue weighted by atomic mass is 10.0. The number of rotatable bonds is 4. The van der Waals surface area contributed by atoms with E-state index in [1.807, 2.05) is 41.3 Å². The number of aryl methyl sites for hydroxylation is 2. The second kappa shape index (κ2) is 7.70. The van der Waals surface area contributed by atoms with Gasteiger partial charge in [-0.2, -0.15) is 0 Å². The van der Waals surface area contributed by atoms with E-state index in [4.69, 9.17) is 4.74 Å². The molecule has 1 atom stereocenters. The molecule has 0 N–H and O–H groups in total. The average molecular weight is 338 g/mol. The minimum atomic E-state index is 0.0484. The van der Waals surface area contributed by atoms with Crippen molar-refractivity contribution in [1.82, 2.24) is 9.80 Å². The normalized spacial score (nSPS) is 18.2. The van der Waals surface area contributed by atoms with Crippen molar-refractivity contribution in [2.45, 2.75) is 19.9 Å². The van der Waals surface area contributed by atoms with Gasteiger partial charge in [-0.1, -0.05) is 36.4 Å². The Hall–Kier alpha value is -2.33. The molecule has 1 heterocycles. The van der Waals surface area contributed by atoms with E-state index >= 15 is 0 Å². The maximum absolute atomic E-state index is 12.6. The van der Waals surface area contributed by atoms with Gasteiger partial charge in [-0.05, 0) is 49.7 Å². The Balaban J connectivity index is 1.61. The fourth-order valence-corrected chi connectivity index (χ4v) is 3.18. The Kier molecular flexibility index (Phi) is 5.39. The van der Waals surface area contributed by atoms with Crippen molar-refractivity contribution in [2.24, 2.45) is 0 Å². The number of piperazine rings is 1. The summed E-state index contributed by atoms with van der Waals surface area (Å²) in [5, 5.41) is 0. The Labute approximate surface area is 150 Å². The van der Waals surface area contributed by atoms with Gasteiger partial charge in [-0.3, -0.25) is 9.69 Å². The second-order valence-electron chi connectivity index (χ2n) is 6.78. The molecule has 25 heavy (non-hydrogen) atoms. The summed E-state index contributed by atoms with van der Waals surface area (Å²) in [7, 11) is 2.12. The minimum absolute atomic E-state index is 0.0484. The van der Waals surface area contributed by atoms with Gasteiger partial charge in [0.05, 0.1) is 6.04 Å². The first-order valence-corrected chi connectivity index (χ1v) is 8.77. The molecular weight excluding hydrogens is 312 g/mol. The van der Waals surface area contributed by atoms with Crippen molar-refractivity contribution in [3.05, 3.63) is 65.2 Å². The van der Waals surface area contributed by atoms with Crippen LogP contribution in [0.5, 0.6) is 5.75 Å². The summed E-state index contributed by atoms with van der Waals surface area (Å²) in [4.78, 5) is 16.8. The summed E-state index contributed by atoms with van der Waals surface area (Å²) >= 11 is 0. The second-order valence-corrected chi connectivity index (χ2v) is 6.78. The van der Waals surface area contributed by atoms with E-state index in [0.29, 0.717) is 6.54 Å². The molecule has 2 aromatic carbocycles. The molecule has 4 heteroatoms. The van der Waals surface area contributed by atoms with Crippen LogP contribution in [0.2, 0.25) is 0 Å². The number of benzene rings is 2. The molecular formula is C21H26N2O2. The molecule has 0 radical (unpaired) electrons. The van der Waals surface area contributed by atoms with Crippen LogP contribution in [-0.2, 0) is 4.79 Å². The van der Waals surface area contributed by atoms with Crippen molar-refractivity contribution in [1.29, 1.82) is 0 Å². The molecule has 1 saturated heterocycles. The van der Waals surface area contributed by atoms with Crippen LogP contribution in [0.3, 0.4) is 0 Å². The van der Waals surface area contributed by atoms with Crippen molar-refractivity contribution in [2.75, 3.05) is 33.3 Å². The standard InChI is InChI=1S/C21H26N2O2/c1-16-9-10-19(13-17(16)2)25-15-21(24)23-12-11-22(3)20(14-23)18-7-5-4-6-8-18/h4-10,13,20H,11-12,14-15H2,1-3H3. The van der Waals surface area contributed by atoms with E-state index in [0.717, 1.165) is 18.8 Å². The van der Waals surface area contributed by atoms with E-state index in [1.54, 1.807) is 0 Å². The van der Waals surface area contributed by atoms with Gasteiger partial charge in [0, 0.05) is 19.6 Å². The number of carbonyl (C=O) groups excluding carboxylic acids is 1. The van der Waals surface area contributed by atoms with Crippen molar-refractivity contribution in [3.8, 4) is 5.75 Å². The van der Waals surface area contributed by atoms with Crippen LogP contribution in [-0.4, -0.2) is 49.0 Å². The SMILES string of the molecule is Cc1ccc(OCC(=O)N2CCN(C)C(c3ccccc3)C2)cc1C. The quantitative estimate of drug-likeness (QED) is 0.858. The summed E-state index contributed by atoms with van der Waals surface area (Å²) in [6.45, 7) is 6.53. The van der Waals surface area contributed by atoms with E-state index in [-0.39, 0.29) is 18.6 Å². The first-order valence-electron chi connectivity index (χ1n) is 8.77. The molecule has 0 saturated carbocycles. The predicted molar refractivity (Wildman–Crippen MR) is 99.8 cm³/mol. The van der Waals surface area contributed by atoms with Gasteiger partial charge in [-0.25, -0.2) is 0 Å². The maximum atomic E-state index is 12.6. The highest BCUT2D eigenvalue weighted by atomic mass is 16.5. The van der Waals surface area contributed by atoms with Crippen molar-refractivity contribution < 1.29 is 9.53 Å². The highest BCUT2D eigenvalue weighted by Crippen LogP contribution is 2.24. The largest absolute Gasteiger partial charge is 0.484 e. The van der Waals surface area contributed by atoms with Gasteiger partial charge in [0.25, 0.3) is 5.91 Å². The number of amides is 1. The van der Waals surface area contributed by atoms with Crippen LogP contribution in [0.15, 0.2) is 48.5 Å². The van der Waals surface area contributed by atoms with Crippen LogP contribution >= 0.6 is 0 Å². The first-order chi connectivity index (χ1) is 12.0. The zero-order valence-electron chi connectivity index (χ0n) is 15.2. The third kappa shape index (κ3) is 4.20. The molecule has 4 nitrogen and oxygen atoms in total. The molecule has 2 aromatic rings. The van der Waals surface area contributed by atoms with E-state index in [1.165, 1.54) is 16.7 Å². The van der Waals surface area contributed by atoms with Crippen LogP contribution in [0, 0.1) is 13.8 Å². The first kappa shape index (κ1) is 17.5. The topological polar surface area (TPSA) is 32.8 Å². The molecule has 0 aliphatic carbocycles. The Morgan fingerprint density at radius 3 is 2.56 bits per heavy atom. The van der Waals surface area contributed by atoms with Crippen LogP contribution in [0.4, 0.5) is 0 Å². The number of carbonyl (C=O) groups is 1. The Morgan fingerprint density at radius 2 is 1.84 bits per heavy atom. The molecule has 1 unspecified atom stereocenters. The van der Waals surface area contributed by atoms with Crippen molar-refractivity contribution >= 4 is 5.91 Å². The van der Waals surface area contributed by atoms with Gasteiger partial charge < -0.3 is 9.64 Å². The van der Waals surface area contributed by atoms with E-state index in [9.17, 15) is 4.79 Å². The lowest BCUT2D eigenvalue weighted by Crippen LogP contribution is -2.50. The van der Waals surface area contributed by atoms with Gasteiger partial charge in [0.15, 0.2) is 6.61 Å². The molecule has 3 rings (SSSR count). The lowest BCUT2D eigenvalue weighted by molar-refractivity contribution is -0.136.